The number of hydrogen-bond donors (Lipinski definition) is 1. The Labute approximate surface area is 247 Å². The smallest absolute Gasteiger partial charge is 0.129 e. The van der Waals surface area contributed by atoms with E-state index in [1.165, 1.54) is 0 Å². The third-order valence-electron chi connectivity index (χ3n) is 7.85. The molecule has 1 N–H and O–H groups in total. The number of fused-ring (bicyclic) bond motifs is 1. The van der Waals surface area contributed by atoms with Gasteiger partial charge in [-0.05, 0) is 29.7 Å². The Balaban J connectivity index is 1.23. The summed E-state index contributed by atoms with van der Waals surface area (Å²) in [6, 6.07) is 40.1. The molecule has 0 spiro atoms. The van der Waals surface area contributed by atoms with E-state index in [4.69, 9.17) is 18.9 Å². The Hall–Kier alpha value is -4.16. The summed E-state index contributed by atoms with van der Waals surface area (Å²) in [5.41, 5.74) is 4.03. The molecule has 1 heterocycles. The van der Waals surface area contributed by atoms with Crippen LogP contribution in [0, 0.1) is 0 Å². The molecule has 5 heteroatoms. The van der Waals surface area contributed by atoms with Gasteiger partial charge in [-0.1, -0.05) is 115 Å². The van der Waals surface area contributed by atoms with Crippen molar-refractivity contribution in [3.05, 3.63) is 144 Å². The van der Waals surface area contributed by atoms with Gasteiger partial charge in [0, 0.05) is 22.8 Å². The van der Waals surface area contributed by atoms with Crippen LogP contribution >= 0.6 is 0 Å². The van der Waals surface area contributed by atoms with Gasteiger partial charge in [0.1, 0.15) is 24.2 Å². The first kappa shape index (κ1) is 28.0. The second-order valence-electron chi connectivity index (χ2n) is 10.8. The molecule has 5 aromatic carbocycles. The van der Waals surface area contributed by atoms with E-state index in [0.29, 0.717) is 26.2 Å². The molecular weight excluding hydrogens is 524 g/mol. The molecule has 0 unspecified atom stereocenters. The van der Waals surface area contributed by atoms with Crippen molar-refractivity contribution in [1.82, 2.24) is 0 Å². The summed E-state index contributed by atoms with van der Waals surface area (Å²) >= 11 is 0. The molecule has 1 fully saturated rings. The van der Waals surface area contributed by atoms with Crippen LogP contribution in [0.5, 0.6) is 11.5 Å². The van der Waals surface area contributed by atoms with Crippen LogP contribution in [0.25, 0.3) is 10.8 Å². The summed E-state index contributed by atoms with van der Waals surface area (Å²) in [7, 11) is 0. The molecule has 0 saturated carbocycles. The van der Waals surface area contributed by atoms with Gasteiger partial charge < -0.3 is 24.1 Å². The van der Waals surface area contributed by atoms with Crippen molar-refractivity contribution in [1.29, 1.82) is 0 Å². The van der Waals surface area contributed by atoms with Crippen LogP contribution in [0.2, 0.25) is 0 Å². The second kappa shape index (κ2) is 13.2. The fourth-order valence-corrected chi connectivity index (χ4v) is 5.64. The normalized spacial score (nSPS) is 20.4. The molecule has 0 radical (unpaired) electrons. The lowest BCUT2D eigenvalue weighted by molar-refractivity contribution is -0.204. The van der Waals surface area contributed by atoms with Gasteiger partial charge in [-0.3, -0.25) is 0 Å². The minimum atomic E-state index is -0.351. The molecule has 0 aliphatic carbocycles. The van der Waals surface area contributed by atoms with Gasteiger partial charge in [0.15, 0.2) is 0 Å². The molecule has 1 saturated heterocycles. The first-order chi connectivity index (χ1) is 20.7. The maximum absolute atomic E-state index is 11.5. The van der Waals surface area contributed by atoms with E-state index in [0.717, 1.165) is 38.8 Å². The van der Waals surface area contributed by atoms with Crippen molar-refractivity contribution in [2.24, 2.45) is 0 Å². The zero-order valence-corrected chi connectivity index (χ0v) is 23.8. The van der Waals surface area contributed by atoms with Crippen molar-refractivity contribution >= 4 is 10.8 Å². The van der Waals surface area contributed by atoms with E-state index >= 15 is 0 Å². The first-order valence-corrected chi connectivity index (χ1v) is 14.5. The zero-order valence-electron chi connectivity index (χ0n) is 23.8. The van der Waals surface area contributed by atoms with Gasteiger partial charge in [-0.25, -0.2) is 0 Å². The van der Waals surface area contributed by atoms with Crippen molar-refractivity contribution in [2.75, 3.05) is 0 Å². The van der Waals surface area contributed by atoms with E-state index in [2.05, 4.69) is 24.3 Å². The van der Waals surface area contributed by atoms with Crippen molar-refractivity contribution < 1.29 is 24.1 Å². The van der Waals surface area contributed by atoms with Crippen LogP contribution in [0.15, 0.2) is 121 Å². The van der Waals surface area contributed by atoms with E-state index in [1.807, 2.05) is 104 Å². The number of rotatable bonds is 10. The molecule has 5 aromatic rings. The summed E-state index contributed by atoms with van der Waals surface area (Å²) in [5, 5.41) is 13.1. The summed E-state index contributed by atoms with van der Waals surface area (Å²) in [6.07, 6.45) is -0.525. The molecule has 0 amide bonds. The van der Waals surface area contributed by atoms with E-state index in [9.17, 15) is 5.11 Å². The number of aromatic hydroxyl groups is 1. The lowest BCUT2D eigenvalue weighted by Gasteiger charge is -2.40. The summed E-state index contributed by atoms with van der Waals surface area (Å²) in [6.45, 7) is 3.43. The average Bonchev–Trinajstić information content (AvgIpc) is 3.04. The van der Waals surface area contributed by atoms with Crippen LogP contribution in [0.3, 0.4) is 0 Å². The number of ether oxygens (including phenoxy) is 4. The first-order valence-electron chi connectivity index (χ1n) is 14.5. The van der Waals surface area contributed by atoms with Gasteiger partial charge in [0.2, 0.25) is 0 Å². The SMILES string of the molecule is C[C@@H]1O[C@@H](c2ccc3c(OCc4ccccc4)cccc3c2O)C[C@@H](OCc2ccccc2)[C@H]1OCc1ccccc1. The lowest BCUT2D eigenvalue weighted by atomic mass is 9.92. The second-order valence-corrected chi connectivity index (χ2v) is 10.8. The van der Waals surface area contributed by atoms with Gasteiger partial charge in [0.05, 0.1) is 31.5 Å². The van der Waals surface area contributed by atoms with E-state index in [1.54, 1.807) is 0 Å². The molecule has 0 aromatic heterocycles. The molecular formula is C37H36O5. The molecule has 1 aliphatic rings. The van der Waals surface area contributed by atoms with E-state index < -0.39 is 0 Å². The van der Waals surface area contributed by atoms with Crippen LogP contribution in [0.1, 0.15) is 41.7 Å². The minimum absolute atomic E-state index is 0.209. The van der Waals surface area contributed by atoms with E-state index in [-0.39, 0.29) is 30.2 Å². The predicted molar refractivity (Wildman–Crippen MR) is 164 cm³/mol. The molecule has 0 bridgehead atoms. The number of phenolic OH excluding ortho intramolecular Hbond substituents is 1. The Morgan fingerprint density at radius 3 is 1.88 bits per heavy atom. The van der Waals surface area contributed by atoms with Crippen LogP contribution < -0.4 is 4.74 Å². The minimum Gasteiger partial charge on any atom is -0.507 e. The average molecular weight is 561 g/mol. The highest BCUT2D eigenvalue weighted by molar-refractivity contribution is 5.94. The number of phenols is 1. The Bertz CT molecular complexity index is 1570. The Morgan fingerprint density at radius 2 is 1.24 bits per heavy atom. The Morgan fingerprint density at radius 1 is 0.643 bits per heavy atom. The third-order valence-corrected chi connectivity index (χ3v) is 7.85. The highest BCUT2D eigenvalue weighted by Crippen LogP contribution is 2.43. The summed E-state index contributed by atoms with van der Waals surface area (Å²) in [4.78, 5) is 0. The standard InChI is InChI=1S/C37H36O5/c1-26-37(41-25-29-16-9-4-10-17-29)35(40-24-28-14-7-3-8-15-28)22-34(42-26)32-21-20-30-31(36(32)38)18-11-19-33(30)39-23-27-12-5-2-6-13-27/h2-21,26,34-35,37-38H,22-25H2,1H3/t26-,34+,35+,37-/m0/s1. The van der Waals surface area contributed by atoms with Crippen LogP contribution in [0.4, 0.5) is 0 Å². The molecule has 6 rings (SSSR count). The molecule has 5 nitrogen and oxygen atoms in total. The largest absolute Gasteiger partial charge is 0.507 e. The van der Waals surface area contributed by atoms with Crippen LogP contribution in [-0.4, -0.2) is 23.4 Å². The quantitative estimate of drug-likeness (QED) is 0.187. The predicted octanol–water partition coefficient (Wildman–Crippen LogP) is 8.15. The maximum atomic E-state index is 11.5. The maximum Gasteiger partial charge on any atom is 0.129 e. The van der Waals surface area contributed by atoms with Crippen molar-refractivity contribution in [2.45, 2.75) is 57.6 Å². The Kier molecular flexibility index (Phi) is 8.80. The monoisotopic (exact) mass is 560 g/mol. The van der Waals surface area contributed by atoms with Crippen molar-refractivity contribution in [3.8, 4) is 11.5 Å². The number of benzene rings is 5. The topological polar surface area (TPSA) is 57.2 Å². The lowest BCUT2D eigenvalue weighted by Crippen LogP contribution is -2.47. The molecule has 214 valence electrons. The molecule has 4 atom stereocenters. The van der Waals surface area contributed by atoms with Gasteiger partial charge >= 0.3 is 0 Å². The zero-order chi connectivity index (χ0) is 28.7. The van der Waals surface area contributed by atoms with Crippen LogP contribution in [-0.2, 0) is 34.0 Å². The fourth-order valence-electron chi connectivity index (χ4n) is 5.64. The summed E-state index contributed by atoms with van der Waals surface area (Å²) in [5.74, 6) is 0.940. The van der Waals surface area contributed by atoms with Crippen molar-refractivity contribution in [3.63, 3.8) is 0 Å². The van der Waals surface area contributed by atoms with Gasteiger partial charge in [-0.2, -0.15) is 0 Å². The fraction of sp³-hybridized carbons (Fsp3) is 0.243. The van der Waals surface area contributed by atoms with Gasteiger partial charge in [0.25, 0.3) is 0 Å². The number of hydrogen-bond acceptors (Lipinski definition) is 5. The highest BCUT2D eigenvalue weighted by atomic mass is 16.6. The van der Waals surface area contributed by atoms with Gasteiger partial charge in [-0.15, -0.1) is 0 Å². The third kappa shape index (κ3) is 6.50. The summed E-state index contributed by atoms with van der Waals surface area (Å²) < 4.78 is 25.6. The molecule has 42 heavy (non-hydrogen) atoms. The molecule has 1 aliphatic heterocycles. The highest BCUT2D eigenvalue weighted by Gasteiger charge is 2.39.